The van der Waals surface area contributed by atoms with Crippen molar-refractivity contribution in [3.63, 3.8) is 0 Å². The fourth-order valence-electron chi connectivity index (χ4n) is 1.87. The van der Waals surface area contributed by atoms with Crippen LogP contribution in [0.2, 0.25) is 0 Å². The predicted molar refractivity (Wildman–Crippen MR) is 80.8 cm³/mol. The Morgan fingerprint density at radius 2 is 1.22 bits per heavy atom. The van der Waals surface area contributed by atoms with Crippen molar-refractivity contribution in [2.75, 3.05) is 18.0 Å². The molecule has 0 saturated heterocycles. The Kier molecular flexibility index (Phi) is 6.26. The minimum atomic E-state index is 0. The summed E-state index contributed by atoms with van der Waals surface area (Å²) in [5, 5.41) is 0. The number of nitrogens with two attached hydrogens (primary N) is 1. The smallest absolute Gasteiger partial charge is 0.0410 e. The molecule has 0 aromatic heterocycles. The van der Waals surface area contributed by atoms with Gasteiger partial charge in [-0.2, -0.15) is 0 Å². The van der Waals surface area contributed by atoms with Crippen LogP contribution in [0.4, 0.5) is 11.4 Å². The summed E-state index contributed by atoms with van der Waals surface area (Å²) in [6, 6.07) is 20.8. The summed E-state index contributed by atoms with van der Waals surface area (Å²) >= 11 is 0. The van der Waals surface area contributed by atoms with Crippen molar-refractivity contribution in [1.82, 2.24) is 0 Å². The van der Waals surface area contributed by atoms with Crippen LogP contribution in [0.15, 0.2) is 60.7 Å². The van der Waals surface area contributed by atoms with E-state index in [4.69, 9.17) is 5.73 Å². The second-order valence-corrected chi connectivity index (χ2v) is 3.96. The summed E-state index contributed by atoms with van der Waals surface area (Å²) in [6.45, 7) is 1.67. The topological polar surface area (TPSA) is 29.3 Å². The van der Waals surface area contributed by atoms with Crippen molar-refractivity contribution >= 4 is 23.8 Å². The first-order valence-corrected chi connectivity index (χ1v) is 5.99. The Morgan fingerprint density at radius 3 is 1.61 bits per heavy atom. The molecule has 0 unspecified atom stereocenters. The molecule has 2 nitrogen and oxygen atoms in total. The average Bonchev–Trinajstić information content (AvgIpc) is 2.42. The standard InChI is InChI=1S/C15H18N2.ClH/c16-12-7-13-17(14-8-3-1-4-9-14)15-10-5-2-6-11-15;/h1-6,8-11H,7,12-13,16H2;1H. The van der Waals surface area contributed by atoms with E-state index in [-0.39, 0.29) is 12.4 Å². The van der Waals surface area contributed by atoms with Gasteiger partial charge in [0.2, 0.25) is 0 Å². The molecule has 2 aromatic rings. The predicted octanol–water partition coefficient (Wildman–Crippen LogP) is 3.60. The number of rotatable bonds is 5. The number of nitrogens with zero attached hydrogens (tertiary/aromatic N) is 1. The first-order chi connectivity index (χ1) is 8.42. The molecule has 18 heavy (non-hydrogen) atoms. The summed E-state index contributed by atoms with van der Waals surface area (Å²) < 4.78 is 0. The fourth-order valence-corrected chi connectivity index (χ4v) is 1.87. The van der Waals surface area contributed by atoms with Gasteiger partial charge in [0.25, 0.3) is 0 Å². The van der Waals surface area contributed by atoms with Crippen LogP contribution in [0.25, 0.3) is 0 Å². The average molecular weight is 263 g/mol. The molecular weight excluding hydrogens is 244 g/mol. The molecule has 0 bridgehead atoms. The number of para-hydroxylation sites is 2. The zero-order chi connectivity index (χ0) is 11.9. The van der Waals surface area contributed by atoms with Crippen molar-refractivity contribution in [3.8, 4) is 0 Å². The SMILES string of the molecule is Cl.NCCCN(c1ccccc1)c1ccccc1. The molecule has 0 saturated carbocycles. The van der Waals surface area contributed by atoms with Crippen LogP contribution in [0.1, 0.15) is 6.42 Å². The molecule has 0 radical (unpaired) electrons. The monoisotopic (exact) mass is 262 g/mol. The molecule has 2 N–H and O–H groups in total. The van der Waals surface area contributed by atoms with Gasteiger partial charge in [0.1, 0.15) is 0 Å². The third-order valence-corrected chi connectivity index (χ3v) is 2.72. The molecule has 2 aromatic carbocycles. The Balaban J connectivity index is 0.00000162. The second-order valence-electron chi connectivity index (χ2n) is 3.96. The maximum atomic E-state index is 5.61. The molecule has 3 heteroatoms. The molecule has 96 valence electrons. The molecular formula is C15H19ClN2. The van der Waals surface area contributed by atoms with Crippen LogP contribution in [-0.4, -0.2) is 13.1 Å². The highest BCUT2D eigenvalue weighted by Crippen LogP contribution is 2.24. The first-order valence-electron chi connectivity index (χ1n) is 5.99. The lowest BCUT2D eigenvalue weighted by molar-refractivity contribution is 0.818. The van der Waals surface area contributed by atoms with E-state index in [2.05, 4.69) is 53.4 Å². The summed E-state index contributed by atoms with van der Waals surface area (Å²) in [4.78, 5) is 2.30. The highest BCUT2D eigenvalue weighted by molar-refractivity contribution is 5.85. The van der Waals surface area contributed by atoms with Crippen LogP contribution in [0.5, 0.6) is 0 Å². The highest BCUT2D eigenvalue weighted by Gasteiger charge is 2.07. The number of hydrogen-bond donors (Lipinski definition) is 1. The van der Waals surface area contributed by atoms with Crippen molar-refractivity contribution in [3.05, 3.63) is 60.7 Å². The molecule has 0 atom stereocenters. The van der Waals surface area contributed by atoms with Gasteiger partial charge in [-0.1, -0.05) is 36.4 Å². The fraction of sp³-hybridized carbons (Fsp3) is 0.200. The maximum Gasteiger partial charge on any atom is 0.0410 e. The summed E-state index contributed by atoms with van der Waals surface area (Å²) in [5.41, 5.74) is 8.04. The Bertz CT molecular complexity index is 391. The normalized spacial score (nSPS) is 9.61. The van der Waals surface area contributed by atoms with Gasteiger partial charge in [-0.15, -0.1) is 12.4 Å². The summed E-state index contributed by atoms with van der Waals surface area (Å²) in [7, 11) is 0. The van der Waals surface area contributed by atoms with E-state index in [0.717, 1.165) is 19.5 Å². The van der Waals surface area contributed by atoms with Gasteiger partial charge in [-0.25, -0.2) is 0 Å². The number of benzene rings is 2. The van der Waals surface area contributed by atoms with E-state index >= 15 is 0 Å². The largest absolute Gasteiger partial charge is 0.341 e. The van der Waals surface area contributed by atoms with Crippen LogP contribution in [0.3, 0.4) is 0 Å². The summed E-state index contributed by atoms with van der Waals surface area (Å²) in [5.74, 6) is 0. The molecule has 0 aliphatic heterocycles. The zero-order valence-corrected chi connectivity index (χ0v) is 11.1. The second kappa shape index (κ2) is 7.75. The van der Waals surface area contributed by atoms with Gasteiger partial charge in [0, 0.05) is 17.9 Å². The third kappa shape index (κ3) is 3.76. The first kappa shape index (κ1) is 14.6. The van der Waals surface area contributed by atoms with E-state index in [9.17, 15) is 0 Å². The summed E-state index contributed by atoms with van der Waals surface area (Å²) in [6.07, 6.45) is 0.990. The molecule has 0 heterocycles. The molecule has 0 amide bonds. The van der Waals surface area contributed by atoms with Gasteiger partial charge in [0.05, 0.1) is 0 Å². The van der Waals surface area contributed by atoms with Crippen molar-refractivity contribution < 1.29 is 0 Å². The van der Waals surface area contributed by atoms with Gasteiger partial charge in [0.15, 0.2) is 0 Å². The van der Waals surface area contributed by atoms with E-state index in [1.807, 2.05) is 12.1 Å². The van der Waals surface area contributed by atoms with Crippen LogP contribution >= 0.6 is 12.4 Å². The van der Waals surface area contributed by atoms with Gasteiger partial charge in [-0.05, 0) is 37.2 Å². The number of anilines is 2. The van der Waals surface area contributed by atoms with E-state index in [0.29, 0.717) is 0 Å². The van der Waals surface area contributed by atoms with E-state index in [1.165, 1.54) is 11.4 Å². The zero-order valence-electron chi connectivity index (χ0n) is 10.3. The quantitative estimate of drug-likeness (QED) is 0.892. The van der Waals surface area contributed by atoms with Gasteiger partial charge < -0.3 is 10.6 Å². The van der Waals surface area contributed by atoms with Crippen molar-refractivity contribution in [2.45, 2.75) is 6.42 Å². The maximum absolute atomic E-state index is 5.61. The molecule has 0 aliphatic carbocycles. The third-order valence-electron chi connectivity index (χ3n) is 2.72. The lowest BCUT2D eigenvalue weighted by Crippen LogP contribution is -2.20. The Labute approximate surface area is 115 Å². The van der Waals surface area contributed by atoms with Crippen molar-refractivity contribution in [2.24, 2.45) is 5.73 Å². The number of hydrogen-bond acceptors (Lipinski definition) is 2. The minimum Gasteiger partial charge on any atom is -0.341 e. The molecule has 0 fully saturated rings. The molecule has 2 rings (SSSR count). The lowest BCUT2D eigenvalue weighted by Gasteiger charge is -2.24. The van der Waals surface area contributed by atoms with Crippen molar-refractivity contribution in [1.29, 1.82) is 0 Å². The van der Waals surface area contributed by atoms with E-state index < -0.39 is 0 Å². The Morgan fingerprint density at radius 1 is 0.778 bits per heavy atom. The number of halogens is 1. The van der Waals surface area contributed by atoms with Crippen LogP contribution < -0.4 is 10.6 Å². The van der Waals surface area contributed by atoms with Crippen LogP contribution in [0, 0.1) is 0 Å². The molecule has 0 spiro atoms. The van der Waals surface area contributed by atoms with Crippen LogP contribution in [-0.2, 0) is 0 Å². The lowest BCUT2D eigenvalue weighted by atomic mass is 10.2. The van der Waals surface area contributed by atoms with Gasteiger partial charge >= 0.3 is 0 Å². The highest BCUT2D eigenvalue weighted by atomic mass is 35.5. The van der Waals surface area contributed by atoms with E-state index in [1.54, 1.807) is 0 Å². The molecule has 0 aliphatic rings. The van der Waals surface area contributed by atoms with Gasteiger partial charge in [-0.3, -0.25) is 0 Å². The minimum absolute atomic E-state index is 0. The Hall–Kier alpha value is -1.51.